The summed E-state index contributed by atoms with van der Waals surface area (Å²) in [6.45, 7) is 5.10. The first-order valence-electron chi connectivity index (χ1n) is 6.95. The van der Waals surface area contributed by atoms with Gasteiger partial charge in [-0.1, -0.05) is 6.92 Å². The Morgan fingerprint density at radius 3 is 2.81 bits per heavy atom. The Morgan fingerprint density at radius 1 is 1.24 bits per heavy atom. The predicted molar refractivity (Wildman–Crippen MR) is 81.0 cm³/mol. The molecule has 2 aromatic heterocycles. The number of aromatic nitrogens is 3. The predicted octanol–water partition coefficient (Wildman–Crippen LogP) is 1.93. The zero-order valence-electron chi connectivity index (χ0n) is 12.3. The summed E-state index contributed by atoms with van der Waals surface area (Å²) >= 11 is 0. The van der Waals surface area contributed by atoms with Gasteiger partial charge in [0.2, 0.25) is 0 Å². The molecule has 0 radical (unpaired) electrons. The normalized spacial score (nSPS) is 10.2. The van der Waals surface area contributed by atoms with Gasteiger partial charge in [-0.2, -0.15) is 0 Å². The van der Waals surface area contributed by atoms with Crippen molar-refractivity contribution >= 4 is 11.7 Å². The van der Waals surface area contributed by atoms with Crippen molar-refractivity contribution in [3.05, 3.63) is 47.7 Å². The highest BCUT2D eigenvalue weighted by molar-refractivity contribution is 5.94. The maximum absolute atomic E-state index is 12.1. The summed E-state index contributed by atoms with van der Waals surface area (Å²) < 4.78 is 0. The van der Waals surface area contributed by atoms with E-state index >= 15 is 0 Å². The molecular formula is C15H19N5O. The Morgan fingerprint density at radius 2 is 2.05 bits per heavy atom. The van der Waals surface area contributed by atoms with E-state index in [9.17, 15) is 4.79 Å². The third kappa shape index (κ3) is 4.52. The van der Waals surface area contributed by atoms with Gasteiger partial charge in [0, 0.05) is 24.5 Å². The van der Waals surface area contributed by atoms with Crippen LogP contribution in [0.25, 0.3) is 0 Å². The number of rotatable bonds is 6. The van der Waals surface area contributed by atoms with Gasteiger partial charge in [-0.3, -0.25) is 4.79 Å². The third-order valence-electron chi connectivity index (χ3n) is 2.84. The van der Waals surface area contributed by atoms with Crippen molar-refractivity contribution in [1.29, 1.82) is 0 Å². The molecule has 0 atom stereocenters. The molecule has 0 saturated heterocycles. The molecule has 2 aromatic rings. The van der Waals surface area contributed by atoms with Crippen molar-refractivity contribution < 1.29 is 4.79 Å². The van der Waals surface area contributed by atoms with Crippen LogP contribution in [0.2, 0.25) is 0 Å². The van der Waals surface area contributed by atoms with Crippen molar-refractivity contribution in [1.82, 2.24) is 20.3 Å². The summed E-state index contributed by atoms with van der Waals surface area (Å²) in [5, 5.41) is 6.00. The van der Waals surface area contributed by atoms with E-state index in [1.807, 2.05) is 6.92 Å². The molecule has 0 aliphatic heterocycles. The number of hydrogen-bond donors (Lipinski definition) is 2. The Kier molecular flexibility index (Phi) is 5.20. The first-order valence-corrected chi connectivity index (χ1v) is 6.95. The molecule has 21 heavy (non-hydrogen) atoms. The second-order valence-electron chi connectivity index (χ2n) is 4.63. The number of aryl methyl sites for hydroxylation is 1. The molecule has 2 rings (SSSR count). The summed E-state index contributed by atoms with van der Waals surface area (Å²) in [5.41, 5.74) is 1.36. The van der Waals surface area contributed by atoms with E-state index < -0.39 is 0 Å². The number of carbonyl (C=O) groups excluding carboxylic acids is 1. The fraction of sp³-hybridized carbons (Fsp3) is 0.333. The molecule has 0 fully saturated rings. The van der Waals surface area contributed by atoms with Gasteiger partial charge >= 0.3 is 0 Å². The highest BCUT2D eigenvalue weighted by Gasteiger charge is 2.07. The Bertz CT molecular complexity index is 615. The highest BCUT2D eigenvalue weighted by atomic mass is 16.1. The van der Waals surface area contributed by atoms with E-state index in [1.54, 1.807) is 30.6 Å². The largest absolute Gasteiger partial charge is 0.370 e. The van der Waals surface area contributed by atoms with Crippen molar-refractivity contribution in [3.63, 3.8) is 0 Å². The van der Waals surface area contributed by atoms with Crippen LogP contribution in [0.5, 0.6) is 0 Å². The number of amides is 1. The fourth-order valence-corrected chi connectivity index (χ4v) is 1.80. The van der Waals surface area contributed by atoms with Crippen molar-refractivity contribution in [2.45, 2.75) is 26.8 Å². The van der Waals surface area contributed by atoms with Crippen molar-refractivity contribution in [3.8, 4) is 0 Å². The maximum atomic E-state index is 12.1. The summed E-state index contributed by atoms with van der Waals surface area (Å²) in [4.78, 5) is 24.6. The van der Waals surface area contributed by atoms with Gasteiger partial charge in [-0.15, -0.1) is 0 Å². The molecular weight excluding hydrogens is 266 g/mol. The molecule has 2 heterocycles. The quantitative estimate of drug-likeness (QED) is 0.847. The molecule has 0 aliphatic rings. The van der Waals surface area contributed by atoms with Gasteiger partial charge in [-0.05, 0) is 31.5 Å². The monoisotopic (exact) mass is 285 g/mol. The molecule has 6 heteroatoms. The van der Waals surface area contributed by atoms with Crippen LogP contribution in [0.4, 0.5) is 5.82 Å². The molecule has 0 aromatic carbocycles. The van der Waals surface area contributed by atoms with Crippen LogP contribution in [0.15, 0.2) is 30.6 Å². The van der Waals surface area contributed by atoms with E-state index in [-0.39, 0.29) is 5.91 Å². The van der Waals surface area contributed by atoms with Crippen LogP contribution in [0, 0.1) is 6.92 Å². The number of anilines is 1. The zero-order chi connectivity index (χ0) is 15.1. The van der Waals surface area contributed by atoms with Gasteiger partial charge in [0.25, 0.3) is 5.91 Å². The van der Waals surface area contributed by atoms with Gasteiger partial charge < -0.3 is 10.6 Å². The Hall–Kier alpha value is -2.50. The van der Waals surface area contributed by atoms with E-state index in [4.69, 9.17) is 0 Å². The maximum Gasteiger partial charge on any atom is 0.251 e. The Labute approximate surface area is 124 Å². The van der Waals surface area contributed by atoms with Crippen LogP contribution in [-0.4, -0.2) is 27.4 Å². The molecule has 0 unspecified atom stereocenters. The average molecular weight is 285 g/mol. The molecule has 0 spiro atoms. The number of hydrogen-bond acceptors (Lipinski definition) is 5. The average Bonchev–Trinajstić information content (AvgIpc) is 2.51. The number of pyridine rings is 1. The van der Waals surface area contributed by atoms with Gasteiger partial charge in [0.05, 0.1) is 12.2 Å². The van der Waals surface area contributed by atoms with E-state index in [0.717, 1.165) is 18.7 Å². The second kappa shape index (κ2) is 7.33. The second-order valence-corrected chi connectivity index (χ2v) is 4.63. The van der Waals surface area contributed by atoms with E-state index in [2.05, 4.69) is 32.5 Å². The Balaban J connectivity index is 1.96. The van der Waals surface area contributed by atoms with E-state index in [1.165, 1.54) is 0 Å². The third-order valence-corrected chi connectivity index (χ3v) is 2.84. The molecule has 1 amide bonds. The van der Waals surface area contributed by atoms with Crippen LogP contribution >= 0.6 is 0 Å². The lowest BCUT2D eigenvalue weighted by atomic mass is 10.2. The van der Waals surface area contributed by atoms with Gasteiger partial charge in [-0.25, -0.2) is 15.0 Å². The lowest BCUT2D eigenvalue weighted by Gasteiger charge is -2.07. The molecule has 0 aliphatic carbocycles. The number of nitrogens with zero attached hydrogens (tertiary/aromatic N) is 3. The zero-order valence-corrected chi connectivity index (χ0v) is 12.3. The lowest BCUT2D eigenvalue weighted by molar-refractivity contribution is 0.0950. The molecule has 0 bridgehead atoms. The summed E-state index contributed by atoms with van der Waals surface area (Å²) in [5.74, 6) is 1.26. The van der Waals surface area contributed by atoms with Crippen LogP contribution < -0.4 is 10.6 Å². The smallest absolute Gasteiger partial charge is 0.251 e. The summed E-state index contributed by atoms with van der Waals surface area (Å²) in [6.07, 6.45) is 4.32. The standard InChI is InChI=1S/C15H19N5O/c1-3-6-17-14-9-12(4-7-18-14)15(21)19-10-13-5-8-16-11(2)20-13/h4-5,7-9H,3,6,10H2,1-2H3,(H,17,18)(H,19,21). The lowest BCUT2D eigenvalue weighted by Crippen LogP contribution is -2.23. The van der Waals surface area contributed by atoms with Crippen molar-refractivity contribution in [2.24, 2.45) is 0 Å². The van der Waals surface area contributed by atoms with Gasteiger partial charge in [0.1, 0.15) is 11.6 Å². The highest BCUT2D eigenvalue weighted by Crippen LogP contribution is 2.07. The van der Waals surface area contributed by atoms with Crippen LogP contribution in [0.3, 0.4) is 0 Å². The van der Waals surface area contributed by atoms with Crippen LogP contribution in [-0.2, 0) is 6.54 Å². The minimum absolute atomic E-state index is 0.145. The number of nitrogens with one attached hydrogen (secondary N) is 2. The summed E-state index contributed by atoms with van der Waals surface area (Å²) in [6, 6.07) is 5.22. The minimum atomic E-state index is -0.145. The molecule has 110 valence electrons. The SMILES string of the molecule is CCCNc1cc(C(=O)NCc2ccnc(C)n2)ccn1. The topological polar surface area (TPSA) is 79.8 Å². The molecule has 2 N–H and O–H groups in total. The van der Waals surface area contributed by atoms with Crippen LogP contribution in [0.1, 0.15) is 35.2 Å². The summed E-state index contributed by atoms with van der Waals surface area (Å²) in [7, 11) is 0. The minimum Gasteiger partial charge on any atom is -0.370 e. The first kappa shape index (κ1) is 14.9. The number of carbonyl (C=O) groups is 1. The van der Waals surface area contributed by atoms with Gasteiger partial charge in [0.15, 0.2) is 0 Å². The van der Waals surface area contributed by atoms with E-state index in [0.29, 0.717) is 23.8 Å². The molecule has 0 saturated carbocycles. The fourth-order valence-electron chi connectivity index (χ4n) is 1.80. The first-order chi connectivity index (χ1) is 10.2. The van der Waals surface area contributed by atoms with Crippen molar-refractivity contribution in [2.75, 3.05) is 11.9 Å². The molecule has 6 nitrogen and oxygen atoms in total.